The number of fused-ring (bicyclic) bond motifs is 1. The lowest BCUT2D eigenvalue weighted by Crippen LogP contribution is -2.39. The number of aliphatic hydroxyl groups is 1. The molecule has 1 atom stereocenters. The van der Waals surface area contributed by atoms with Crippen LogP contribution in [0.5, 0.6) is 11.5 Å². The van der Waals surface area contributed by atoms with Crippen LogP contribution in [0, 0.1) is 0 Å². The fourth-order valence-corrected chi connectivity index (χ4v) is 4.41. The topological polar surface area (TPSA) is 84.9 Å². The molecule has 0 saturated carbocycles. The molecule has 0 aliphatic heterocycles. The van der Waals surface area contributed by atoms with E-state index < -0.39 is 15.6 Å². The highest BCUT2D eigenvalue weighted by Crippen LogP contribution is 2.37. The van der Waals surface area contributed by atoms with Gasteiger partial charge in [0, 0.05) is 12.6 Å². The molecule has 134 valence electrons. The van der Waals surface area contributed by atoms with E-state index in [1.807, 2.05) is 24.3 Å². The summed E-state index contributed by atoms with van der Waals surface area (Å²) in [6.45, 7) is -0.104. The number of methoxy groups -OCH3 is 2. The number of rotatable bonds is 6. The molecule has 0 aromatic heterocycles. The highest BCUT2D eigenvalue weighted by molar-refractivity contribution is 7.89. The fraction of sp³-hybridized carbons (Fsp3) is 0.333. The molecule has 0 radical (unpaired) electrons. The van der Waals surface area contributed by atoms with E-state index in [1.54, 1.807) is 6.07 Å². The second-order valence-corrected chi connectivity index (χ2v) is 7.77. The molecule has 1 unspecified atom stereocenters. The predicted molar refractivity (Wildman–Crippen MR) is 93.4 cm³/mol. The Labute approximate surface area is 147 Å². The zero-order valence-corrected chi connectivity index (χ0v) is 15.0. The first kappa shape index (κ1) is 17.7. The molecule has 7 heteroatoms. The van der Waals surface area contributed by atoms with Crippen LogP contribution in [0.4, 0.5) is 0 Å². The number of hydrogen-bond acceptors (Lipinski definition) is 5. The number of ether oxygens (including phenoxy) is 2. The van der Waals surface area contributed by atoms with E-state index in [2.05, 4.69) is 4.72 Å². The van der Waals surface area contributed by atoms with Crippen LogP contribution >= 0.6 is 0 Å². The lowest BCUT2D eigenvalue weighted by Gasteiger charge is -2.24. The third-order valence-corrected chi connectivity index (χ3v) is 5.96. The van der Waals surface area contributed by atoms with Crippen LogP contribution in [0.2, 0.25) is 0 Å². The zero-order valence-electron chi connectivity index (χ0n) is 14.2. The minimum Gasteiger partial charge on any atom is -0.497 e. The molecule has 0 amide bonds. The molecular formula is C18H21NO5S. The van der Waals surface area contributed by atoms with Gasteiger partial charge in [0.25, 0.3) is 0 Å². The normalized spacial score (nSPS) is 19.5. The van der Waals surface area contributed by atoms with Crippen LogP contribution < -0.4 is 14.2 Å². The largest absolute Gasteiger partial charge is 0.497 e. The molecule has 0 heterocycles. The van der Waals surface area contributed by atoms with Crippen molar-refractivity contribution in [2.45, 2.75) is 23.3 Å². The first-order valence-electron chi connectivity index (χ1n) is 7.92. The van der Waals surface area contributed by atoms with Crippen LogP contribution in [-0.4, -0.2) is 34.3 Å². The van der Waals surface area contributed by atoms with Gasteiger partial charge < -0.3 is 14.6 Å². The van der Waals surface area contributed by atoms with Crippen LogP contribution in [-0.2, 0) is 22.0 Å². The Morgan fingerprint density at radius 1 is 1.16 bits per heavy atom. The first-order chi connectivity index (χ1) is 11.9. The average molecular weight is 363 g/mol. The molecule has 2 aromatic carbocycles. The molecule has 2 aromatic rings. The van der Waals surface area contributed by atoms with Gasteiger partial charge in [0.15, 0.2) is 0 Å². The summed E-state index contributed by atoms with van der Waals surface area (Å²) in [6.07, 6.45) is 1.20. The average Bonchev–Trinajstić information content (AvgIpc) is 2.97. The number of nitrogens with one attached hydrogen (secondary N) is 1. The summed E-state index contributed by atoms with van der Waals surface area (Å²) >= 11 is 0. The van der Waals surface area contributed by atoms with Crippen molar-refractivity contribution < 1.29 is 23.0 Å². The Morgan fingerprint density at radius 2 is 1.92 bits per heavy atom. The molecule has 25 heavy (non-hydrogen) atoms. The highest BCUT2D eigenvalue weighted by atomic mass is 32.2. The number of aryl methyl sites for hydroxylation is 1. The lowest BCUT2D eigenvalue weighted by atomic mass is 9.96. The van der Waals surface area contributed by atoms with Gasteiger partial charge >= 0.3 is 0 Å². The van der Waals surface area contributed by atoms with Crippen molar-refractivity contribution in [3.63, 3.8) is 0 Å². The van der Waals surface area contributed by atoms with Crippen LogP contribution in [0.1, 0.15) is 17.5 Å². The Balaban J connectivity index is 1.86. The first-order valence-corrected chi connectivity index (χ1v) is 9.40. The minimum absolute atomic E-state index is 0.0239. The second-order valence-electron chi connectivity index (χ2n) is 6.03. The van der Waals surface area contributed by atoms with Gasteiger partial charge in [-0.3, -0.25) is 0 Å². The van der Waals surface area contributed by atoms with Crippen molar-refractivity contribution in [1.29, 1.82) is 0 Å². The van der Waals surface area contributed by atoms with Crippen molar-refractivity contribution in [3.05, 3.63) is 53.6 Å². The fourth-order valence-electron chi connectivity index (χ4n) is 3.14. The molecular weight excluding hydrogens is 342 g/mol. The monoisotopic (exact) mass is 363 g/mol. The summed E-state index contributed by atoms with van der Waals surface area (Å²) in [6, 6.07) is 12.1. The smallest absolute Gasteiger partial charge is 0.244 e. The Bertz CT molecular complexity index is 881. The van der Waals surface area contributed by atoms with Crippen molar-refractivity contribution >= 4 is 10.0 Å². The van der Waals surface area contributed by atoms with E-state index in [-0.39, 0.29) is 17.2 Å². The van der Waals surface area contributed by atoms with Gasteiger partial charge in [-0.1, -0.05) is 24.3 Å². The maximum atomic E-state index is 12.7. The molecule has 0 spiro atoms. The third-order valence-electron chi connectivity index (χ3n) is 4.54. The van der Waals surface area contributed by atoms with Gasteiger partial charge in [0.1, 0.15) is 22.0 Å². The van der Waals surface area contributed by atoms with E-state index in [9.17, 15) is 13.5 Å². The van der Waals surface area contributed by atoms with Gasteiger partial charge in [-0.15, -0.1) is 0 Å². The summed E-state index contributed by atoms with van der Waals surface area (Å²) in [7, 11) is -1.01. The summed E-state index contributed by atoms with van der Waals surface area (Å²) in [5.41, 5.74) is 0.605. The SMILES string of the molecule is COc1ccc(OC)c(S(=O)(=O)NCC2(O)CCc3ccccc32)c1. The molecule has 0 fully saturated rings. The van der Waals surface area contributed by atoms with Crippen molar-refractivity contribution in [3.8, 4) is 11.5 Å². The summed E-state index contributed by atoms with van der Waals surface area (Å²) in [4.78, 5) is -0.0239. The van der Waals surface area contributed by atoms with Crippen molar-refractivity contribution in [2.24, 2.45) is 0 Å². The maximum Gasteiger partial charge on any atom is 0.244 e. The molecule has 2 N–H and O–H groups in total. The van der Waals surface area contributed by atoms with E-state index in [0.717, 1.165) is 17.5 Å². The van der Waals surface area contributed by atoms with Crippen LogP contribution in [0.3, 0.4) is 0 Å². The van der Waals surface area contributed by atoms with E-state index in [4.69, 9.17) is 9.47 Å². The van der Waals surface area contributed by atoms with Crippen LogP contribution in [0.15, 0.2) is 47.4 Å². The van der Waals surface area contributed by atoms with Gasteiger partial charge in [-0.2, -0.15) is 0 Å². The van der Waals surface area contributed by atoms with Crippen molar-refractivity contribution in [1.82, 2.24) is 4.72 Å². The number of benzene rings is 2. The molecule has 0 saturated heterocycles. The number of sulfonamides is 1. The van der Waals surface area contributed by atoms with E-state index in [1.165, 1.54) is 26.4 Å². The van der Waals surface area contributed by atoms with Gasteiger partial charge in [-0.05, 0) is 36.1 Å². The third kappa shape index (κ3) is 3.35. The summed E-state index contributed by atoms with van der Waals surface area (Å²) in [5.74, 6) is 0.623. The minimum atomic E-state index is -3.88. The van der Waals surface area contributed by atoms with E-state index in [0.29, 0.717) is 12.2 Å². The summed E-state index contributed by atoms with van der Waals surface area (Å²) < 4.78 is 38.2. The Hall–Kier alpha value is -2.09. The van der Waals surface area contributed by atoms with Gasteiger partial charge in [-0.25, -0.2) is 13.1 Å². The predicted octanol–water partition coefficient (Wildman–Crippen LogP) is 1.82. The molecule has 6 nitrogen and oxygen atoms in total. The molecule has 3 rings (SSSR count). The standard InChI is InChI=1S/C18H21NO5S/c1-23-14-7-8-16(24-2)17(11-14)25(21,22)19-12-18(20)10-9-13-5-3-4-6-15(13)18/h3-8,11,19-20H,9-10,12H2,1-2H3. The molecule has 1 aliphatic rings. The molecule has 1 aliphatic carbocycles. The number of hydrogen-bond donors (Lipinski definition) is 2. The van der Waals surface area contributed by atoms with Gasteiger partial charge in [0.05, 0.1) is 14.2 Å². The maximum absolute atomic E-state index is 12.7. The molecule has 0 bridgehead atoms. The van der Waals surface area contributed by atoms with Crippen LogP contribution in [0.25, 0.3) is 0 Å². The Morgan fingerprint density at radius 3 is 2.64 bits per heavy atom. The highest BCUT2D eigenvalue weighted by Gasteiger charge is 2.37. The van der Waals surface area contributed by atoms with E-state index >= 15 is 0 Å². The zero-order chi connectivity index (χ0) is 18.1. The second kappa shape index (κ2) is 6.67. The Kier molecular flexibility index (Phi) is 4.73. The summed E-state index contributed by atoms with van der Waals surface area (Å²) in [5, 5.41) is 10.9. The quantitative estimate of drug-likeness (QED) is 0.818. The van der Waals surface area contributed by atoms with Gasteiger partial charge in [0.2, 0.25) is 10.0 Å². The lowest BCUT2D eigenvalue weighted by molar-refractivity contribution is 0.0442. The van der Waals surface area contributed by atoms with Crippen molar-refractivity contribution in [2.75, 3.05) is 20.8 Å².